The lowest BCUT2D eigenvalue weighted by atomic mass is 10.1. The van der Waals surface area contributed by atoms with Crippen LogP contribution < -0.4 is 11.1 Å². The third-order valence-corrected chi connectivity index (χ3v) is 2.41. The molecule has 0 aliphatic carbocycles. The summed E-state index contributed by atoms with van der Waals surface area (Å²) in [6.45, 7) is 3.99. The monoisotopic (exact) mass is 206 g/mol. The van der Waals surface area contributed by atoms with Gasteiger partial charge in [0.15, 0.2) is 0 Å². The third-order valence-electron chi connectivity index (χ3n) is 2.41. The van der Waals surface area contributed by atoms with Gasteiger partial charge in [-0.15, -0.1) is 0 Å². The number of aryl methyl sites for hydroxylation is 1. The number of carbonyl (C=O) groups is 1. The summed E-state index contributed by atoms with van der Waals surface area (Å²) in [6.07, 6.45) is 1.65. The molecule has 82 valence electrons. The molecule has 0 saturated heterocycles. The number of rotatable bonds is 4. The van der Waals surface area contributed by atoms with E-state index in [0.29, 0.717) is 6.42 Å². The van der Waals surface area contributed by atoms with Crippen LogP contribution in [0.4, 0.5) is 5.69 Å². The van der Waals surface area contributed by atoms with Crippen LogP contribution in [0.5, 0.6) is 0 Å². The molecule has 1 rings (SSSR count). The largest absolute Gasteiger partial charge is 0.325 e. The first-order chi connectivity index (χ1) is 7.17. The summed E-state index contributed by atoms with van der Waals surface area (Å²) >= 11 is 0. The highest BCUT2D eigenvalue weighted by Gasteiger charge is 2.10. The zero-order valence-corrected chi connectivity index (χ0v) is 9.29. The summed E-state index contributed by atoms with van der Waals surface area (Å²) in [5, 5.41) is 2.78. The van der Waals surface area contributed by atoms with Crippen molar-refractivity contribution < 1.29 is 4.79 Å². The number of amides is 1. The predicted molar refractivity (Wildman–Crippen MR) is 62.7 cm³/mol. The van der Waals surface area contributed by atoms with Crippen LogP contribution in [0.15, 0.2) is 24.3 Å². The van der Waals surface area contributed by atoms with Crippen molar-refractivity contribution in [2.45, 2.75) is 32.7 Å². The van der Waals surface area contributed by atoms with Crippen LogP contribution in [0, 0.1) is 0 Å². The molecule has 1 aromatic carbocycles. The molecule has 15 heavy (non-hydrogen) atoms. The molecular formula is C12H18N2O. The van der Waals surface area contributed by atoms with E-state index in [1.165, 1.54) is 5.56 Å². The van der Waals surface area contributed by atoms with E-state index in [9.17, 15) is 4.79 Å². The van der Waals surface area contributed by atoms with Gasteiger partial charge in [-0.3, -0.25) is 4.79 Å². The minimum absolute atomic E-state index is 0.123. The van der Waals surface area contributed by atoms with Crippen LogP contribution in [0.3, 0.4) is 0 Å². The molecule has 0 saturated carbocycles. The van der Waals surface area contributed by atoms with Crippen LogP contribution in [0.1, 0.15) is 25.8 Å². The van der Waals surface area contributed by atoms with E-state index in [1.807, 2.05) is 31.2 Å². The summed E-state index contributed by atoms with van der Waals surface area (Å²) < 4.78 is 0. The van der Waals surface area contributed by atoms with Gasteiger partial charge < -0.3 is 11.1 Å². The zero-order valence-electron chi connectivity index (χ0n) is 9.29. The molecule has 3 N–H and O–H groups in total. The SMILES string of the molecule is CCc1ccc(NC(=O)[C@H](N)CC)cc1. The Kier molecular flexibility index (Phi) is 4.31. The van der Waals surface area contributed by atoms with E-state index in [0.717, 1.165) is 12.1 Å². The van der Waals surface area contributed by atoms with Gasteiger partial charge in [0, 0.05) is 5.69 Å². The Hall–Kier alpha value is -1.35. The molecule has 0 unspecified atom stereocenters. The molecule has 0 aromatic heterocycles. The molecule has 0 heterocycles. The number of hydrogen-bond donors (Lipinski definition) is 2. The number of carbonyl (C=O) groups excluding carboxylic acids is 1. The Morgan fingerprint density at radius 2 is 1.93 bits per heavy atom. The van der Waals surface area contributed by atoms with Crippen molar-refractivity contribution >= 4 is 11.6 Å². The van der Waals surface area contributed by atoms with Crippen molar-refractivity contribution in [2.24, 2.45) is 5.73 Å². The first kappa shape index (κ1) is 11.7. The second-order valence-corrected chi connectivity index (χ2v) is 3.55. The van der Waals surface area contributed by atoms with E-state index < -0.39 is 6.04 Å². The lowest BCUT2D eigenvalue weighted by Crippen LogP contribution is -2.34. The summed E-state index contributed by atoms with van der Waals surface area (Å²) in [7, 11) is 0. The molecule has 0 aliphatic rings. The molecule has 3 heteroatoms. The molecule has 3 nitrogen and oxygen atoms in total. The summed E-state index contributed by atoms with van der Waals surface area (Å²) in [6, 6.07) is 7.40. The number of nitrogens with two attached hydrogens (primary N) is 1. The van der Waals surface area contributed by atoms with Crippen molar-refractivity contribution in [3.05, 3.63) is 29.8 Å². The molecule has 1 aromatic rings. The van der Waals surface area contributed by atoms with Gasteiger partial charge in [0.05, 0.1) is 6.04 Å². The van der Waals surface area contributed by atoms with E-state index in [1.54, 1.807) is 0 Å². The second kappa shape index (κ2) is 5.51. The van der Waals surface area contributed by atoms with Crippen molar-refractivity contribution in [3.8, 4) is 0 Å². The normalized spacial score (nSPS) is 12.2. The first-order valence-corrected chi connectivity index (χ1v) is 5.32. The highest BCUT2D eigenvalue weighted by atomic mass is 16.2. The number of anilines is 1. The standard InChI is InChI=1S/C12H18N2O/c1-3-9-5-7-10(8-6-9)14-12(15)11(13)4-2/h5-8,11H,3-4,13H2,1-2H3,(H,14,15)/t11-/m1/s1. The second-order valence-electron chi connectivity index (χ2n) is 3.55. The lowest BCUT2D eigenvalue weighted by Gasteiger charge is -2.10. The Morgan fingerprint density at radius 3 is 2.40 bits per heavy atom. The van der Waals surface area contributed by atoms with Crippen LogP contribution >= 0.6 is 0 Å². The fraction of sp³-hybridized carbons (Fsp3) is 0.417. The van der Waals surface area contributed by atoms with Gasteiger partial charge in [-0.2, -0.15) is 0 Å². The van der Waals surface area contributed by atoms with Gasteiger partial charge in [-0.05, 0) is 30.5 Å². The number of nitrogens with one attached hydrogen (secondary N) is 1. The Labute approximate surface area is 90.7 Å². The summed E-state index contributed by atoms with van der Waals surface area (Å²) in [5.41, 5.74) is 7.67. The summed E-state index contributed by atoms with van der Waals surface area (Å²) in [4.78, 5) is 11.5. The van der Waals surface area contributed by atoms with Gasteiger partial charge in [-0.1, -0.05) is 26.0 Å². The van der Waals surface area contributed by atoms with Crippen LogP contribution in [-0.2, 0) is 11.2 Å². The van der Waals surface area contributed by atoms with Gasteiger partial charge in [0.1, 0.15) is 0 Å². The minimum Gasteiger partial charge on any atom is -0.325 e. The number of benzene rings is 1. The van der Waals surface area contributed by atoms with Crippen molar-refractivity contribution in [2.75, 3.05) is 5.32 Å². The Bertz CT molecular complexity index is 319. The lowest BCUT2D eigenvalue weighted by molar-refractivity contribution is -0.117. The smallest absolute Gasteiger partial charge is 0.241 e. The van der Waals surface area contributed by atoms with Crippen LogP contribution in [-0.4, -0.2) is 11.9 Å². The average molecular weight is 206 g/mol. The molecule has 0 fully saturated rings. The molecule has 1 amide bonds. The highest BCUT2D eigenvalue weighted by molar-refractivity contribution is 5.94. The Balaban J connectivity index is 2.61. The molecule has 0 bridgehead atoms. The molecular weight excluding hydrogens is 188 g/mol. The van der Waals surface area contributed by atoms with E-state index in [-0.39, 0.29) is 5.91 Å². The van der Waals surface area contributed by atoms with Crippen LogP contribution in [0.25, 0.3) is 0 Å². The maximum Gasteiger partial charge on any atom is 0.241 e. The molecule has 0 aliphatic heterocycles. The fourth-order valence-corrected chi connectivity index (χ4v) is 1.24. The zero-order chi connectivity index (χ0) is 11.3. The number of hydrogen-bond acceptors (Lipinski definition) is 2. The van der Waals surface area contributed by atoms with Gasteiger partial charge in [0.25, 0.3) is 0 Å². The van der Waals surface area contributed by atoms with Crippen molar-refractivity contribution in [3.63, 3.8) is 0 Å². The van der Waals surface area contributed by atoms with Crippen LogP contribution in [0.2, 0.25) is 0 Å². The Morgan fingerprint density at radius 1 is 1.33 bits per heavy atom. The topological polar surface area (TPSA) is 55.1 Å². The van der Waals surface area contributed by atoms with Gasteiger partial charge >= 0.3 is 0 Å². The van der Waals surface area contributed by atoms with E-state index >= 15 is 0 Å². The first-order valence-electron chi connectivity index (χ1n) is 5.32. The highest BCUT2D eigenvalue weighted by Crippen LogP contribution is 2.10. The molecule has 0 spiro atoms. The minimum atomic E-state index is -0.421. The molecule has 1 atom stereocenters. The van der Waals surface area contributed by atoms with Gasteiger partial charge in [0.2, 0.25) is 5.91 Å². The predicted octanol–water partition coefficient (Wildman–Crippen LogP) is 1.92. The maximum atomic E-state index is 11.5. The third kappa shape index (κ3) is 3.36. The van der Waals surface area contributed by atoms with Gasteiger partial charge in [-0.25, -0.2) is 0 Å². The fourth-order valence-electron chi connectivity index (χ4n) is 1.24. The molecule has 0 radical (unpaired) electrons. The quantitative estimate of drug-likeness (QED) is 0.790. The van der Waals surface area contributed by atoms with E-state index in [2.05, 4.69) is 12.2 Å². The van der Waals surface area contributed by atoms with E-state index in [4.69, 9.17) is 5.73 Å². The van der Waals surface area contributed by atoms with Crippen molar-refractivity contribution in [1.29, 1.82) is 0 Å². The summed E-state index contributed by atoms with van der Waals surface area (Å²) in [5.74, 6) is -0.123. The van der Waals surface area contributed by atoms with Crippen molar-refractivity contribution in [1.82, 2.24) is 0 Å². The average Bonchev–Trinajstić information content (AvgIpc) is 2.29. The maximum absolute atomic E-state index is 11.5.